The fraction of sp³-hybridized carbons (Fsp3) is 0.963. The van der Waals surface area contributed by atoms with E-state index >= 15 is 0 Å². The number of hydrogen-bond acceptors (Lipinski definition) is 3. The Kier molecular flexibility index (Phi) is 6.68. The van der Waals surface area contributed by atoms with Crippen molar-refractivity contribution in [2.24, 2.45) is 29.1 Å². The van der Waals surface area contributed by atoms with Crippen LogP contribution in [0.1, 0.15) is 96.3 Å². The van der Waals surface area contributed by atoms with Crippen LogP contribution in [0.2, 0.25) is 0 Å². The molecule has 1 amide bonds. The molecular formula is C27H46N2O2. The molecule has 3 saturated carbocycles. The third-order valence-corrected chi connectivity index (χ3v) is 10.5. The molecule has 2 heterocycles. The fourth-order valence-electron chi connectivity index (χ4n) is 8.66. The van der Waals surface area contributed by atoms with Crippen LogP contribution in [-0.2, 0) is 4.79 Å². The molecule has 5 aliphatic rings. The third kappa shape index (κ3) is 4.33. The van der Waals surface area contributed by atoms with Crippen molar-refractivity contribution in [2.75, 3.05) is 26.7 Å². The van der Waals surface area contributed by atoms with Crippen LogP contribution in [0.4, 0.5) is 0 Å². The summed E-state index contributed by atoms with van der Waals surface area (Å²) in [5, 5.41) is 10.3. The normalized spacial score (nSPS) is 39.2. The van der Waals surface area contributed by atoms with Crippen LogP contribution < -0.4 is 0 Å². The highest BCUT2D eigenvalue weighted by molar-refractivity contribution is 5.79. The van der Waals surface area contributed by atoms with Gasteiger partial charge in [0.1, 0.15) is 0 Å². The summed E-state index contributed by atoms with van der Waals surface area (Å²) in [6.07, 6.45) is 19.1. The first kappa shape index (κ1) is 22.2. The summed E-state index contributed by atoms with van der Waals surface area (Å²) in [6, 6.07) is 1.52. The number of aliphatic hydroxyl groups is 1. The molecule has 1 N–H and O–H groups in total. The van der Waals surface area contributed by atoms with Crippen molar-refractivity contribution >= 4 is 5.91 Å². The topological polar surface area (TPSA) is 43.8 Å². The number of aliphatic hydroxyl groups excluding tert-OH is 1. The van der Waals surface area contributed by atoms with Gasteiger partial charge in [0, 0.05) is 37.7 Å². The van der Waals surface area contributed by atoms with Gasteiger partial charge in [0.05, 0.1) is 0 Å². The molecule has 0 spiro atoms. The molecule has 0 aromatic heterocycles. The molecule has 176 valence electrons. The molecule has 3 aliphatic carbocycles. The zero-order valence-corrected chi connectivity index (χ0v) is 19.9. The molecular weight excluding hydrogens is 384 g/mol. The average Bonchev–Trinajstić information content (AvgIpc) is 3.11. The summed E-state index contributed by atoms with van der Waals surface area (Å²) >= 11 is 0. The van der Waals surface area contributed by atoms with Gasteiger partial charge in [-0.3, -0.25) is 9.69 Å². The number of carbonyl (C=O) groups excluding carboxylic acids is 1. The number of rotatable bonds is 4. The van der Waals surface area contributed by atoms with Crippen molar-refractivity contribution in [1.29, 1.82) is 0 Å². The predicted octanol–water partition coefficient (Wildman–Crippen LogP) is 4.85. The molecule has 0 radical (unpaired) electrons. The molecule has 2 saturated heterocycles. The first-order valence-corrected chi connectivity index (χ1v) is 13.7. The van der Waals surface area contributed by atoms with E-state index in [-0.39, 0.29) is 11.3 Å². The molecule has 4 nitrogen and oxygen atoms in total. The van der Waals surface area contributed by atoms with Gasteiger partial charge in [0.15, 0.2) is 0 Å². The Hall–Kier alpha value is -0.610. The summed E-state index contributed by atoms with van der Waals surface area (Å²) < 4.78 is 0. The maximum absolute atomic E-state index is 13.5. The molecule has 0 bridgehead atoms. The Morgan fingerprint density at radius 3 is 2.29 bits per heavy atom. The van der Waals surface area contributed by atoms with Crippen LogP contribution in [0.5, 0.6) is 0 Å². The Bertz CT molecular complexity index is 623. The lowest BCUT2D eigenvalue weighted by atomic mass is 9.68. The summed E-state index contributed by atoms with van der Waals surface area (Å²) in [7, 11) is 2.36. The average molecular weight is 431 g/mol. The third-order valence-electron chi connectivity index (χ3n) is 10.5. The van der Waals surface area contributed by atoms with Gasteiger partial charge in [0.25, 0.3) is 0 Å². The minimum Gasteiger partial charge on any atom is -0.396 e. The lowest BCUT2D eigenvalue weighted by Gasteiger charge is -2.45. The van der Waals surface area contributed by atoms with Crippen LogP contribution in [0, 0.1) is 29.1 Å². The molecule has 5 fully saturated rings. The number of nitrogens with zero attached hydrogens (tertiary/aromatic N) is 2. The van der Waals surface area contributed by atoms with Crippen LogP contribution in [0.15, 0.2) is 0 Å². The molecule has 5 rings (SSSR count). The fourth-order valence-corrected chi connectivity index (χ4v) is 8.66. The minimum atomic E-state index is 0.0833. The first-order valence-electron chi connectivity index (χ1n) is 13.7. The maximum atomic E-state index is 13.5. The van der Waals surface area contributed by atoms with Crippen LogP contribution in [-0.4, -0.2) is 59.6 Å². The summed E-state index contributed by atoms with van der Waals surface area (Å²) in [5.74, 6) is 3.12. The second kappa shape index (κ2) is 9.33. The molecule has 0 aromatic rings. The second-order valence-electron chi connectivity index (χ2n) is 12.1. The van der Waals surface area contributed by atoms with Gasteiger partial charge in [0.2, 0.25) is 5.91 Å². The lowest BCUT2D eigenvalue weighted by molar-refractivity contribution is -0.140. The van der Waals surface area contributed by atoms with Gasteiger partial charge < -0.3 is 10.0 Å². The Balaban J connectivity index is 1.17. The van der Waals surface area contributed by atoms with E-state index in [0.717, 1.165) is 68.6 Å². The molecule has 0 aromatic carbocycles. The highest BCUT2D eigenvalue weighted by Gasteiger charge is 2.51. The zero-order chi connectivity index (χ0) is 21.4. The van der Waals surface area contributed by atoms with Gasteiger partial charge in [-0.25, -0.2) is 0 Å². The van der Waals surface area contributed by atoms with Crippen molar-refractivity contribution in [1.82, 2.24) is 9.80 Å². The van der Waals surface area contributed by atoms with Gasteiger partial charge in [-0.15, -0.1) is 0 Å². The molecule has 5 atom stereocenters. The quantitative estimate of drug-likeness (QED) is 0.693. The second-order valence-corrected chi connectivity index (χ2v) is 12.1. The van der Waals surface area contributed by atoms with Gasteiger partial charge in [-0.1, -0.05) is 44.9 Å². The largest absolute Gasteiger partial charge is 0.396 e. The number of fused-ring (bicyclic) bond motifs is 3. The molecule has 2 aliphatic heterocycles. The van der Waals surface area contributed by atoms with Crippen molar-refractivity contribution in [3.05, 3.63) is 0 Å². The number of amides is 1. The lowest BCUT2D eigenvalue weighted by Crippen LogP contribution is -2.49. The number of piperidine rings is 1. The minimum absolute atomic E-state index is 0.0833. The van der Waals surface area contributed by atoms with Crippen molar-refractivity contribution in [3.63, 3.8) is 0 Å². The standard InChI is InChI=1S/C27H46N2O2/c1-28-24-10-6-5-9-22(24)23-17-21(11-12-25(23)28)26(31)29-15-13-27(19-30,14-16-29)18-20-7-3-2-4-8-20/h20-25,30H,2-19H2,1H3. The highest BCUT2D eigenvalue weighted by Crippen LogP contribution is 2.50. The molecule has 31 heavy (non-hydrogen) atoms. The van der Waals surface area contributed by atoms with E-state index in [2.05, 4.69) is 16.8 Å². The monoisotopic (exact) mass is 430 g/mol. The van der Waals surface area contributed by atoms with Crippen molar-refractivity contribution < 1.29 is 9.90 Å². The molecule has 5 unspecified atom stereocenters. The highest BCUT2D eigenvalue weighted by atomic mass is 16.3. The summed E-state index contributed by atoms with van der Waals surface area (Å²) in [5.41, 5.74) is 0.0833. The summed E-state index contributed by atoms with van der Waals surface area (Å²) in [6.45, 7) is 2.07. The van der Waals surface area contributed by atoms with E-state index < -0.39 is 0 Å². The number of likely N-dealkylation sites (tertiary alicyclic amines) is 2. The van der Waals surface area contributed by atoms with Crippen molar-refractivity contribution in [2.45, 2.75) is 108 Å². The van der Waals surface area contributed by atoms with E-state index in [9.17, 15) is 9.90 Å². The van der Waals surface area contributed by atoms with Gasteiger partial charge in [-0.05, 0) is 81.6 Å². The van der Waals surface area contributed by atoms with E-state index in [1.807, 2.05) is 0 Å². The SMILES string of the molecule is CN1C2CCCCC2C2CC(C(=O)N3CCC(CO)(CC4CCCCC4)CC3)CCC21. The van der Waals surface area contributed by atoms with E-state index in [1.54, 1.807) is 0 Å². The predicted molar refractivity (Wildman–Crippen MR) is 125 cm³/mol. The Morgan fingerprint density at radius 1 is 0.871 bits per heavy atom. The van der Waals surface area contributed by atoms with E-state index in [1.165, 1.54) is 70.6 Å². The smallest absolute Gasteiger partial charge is 0.225 e. The van der Waals surface area contributed by atoms with Crippen molar-refractivity contribution in [3.8, 4) is 0 Å². The Labute approximate surface area is 190 Å². The van der Waals surface area contributed by atoms with Crippen LogP contribution >= 0.6 is 0 Å². The zero-order valence-electron chi connectivity index (χ0n) is 19.9. The van der Waals surface area contributed by atoms with Crippen LogP contribution in [0.3, 0.4) is 0 Å². The number of carbonyl (C=O) groups is 1. The molecule has 4 heteroatoms. The summed E-state index contributed by atoms with van der Waals surface area (Å²) in [4.78, 5) is 18.4. The van der Waals surface area contributed by atoms with Gasteiger partial charge in [-0.2, -0.15) is 0 Å². The van der Waals surface area contributed by atoms with E-state index in [0.29, 0.717) is 12.5 Å². The van der Waals surface area contributed by atoms with Crippen LogP contribution in [0.25, 0.3) is 0 Å². The van der Waals surface area contributed by atoms with Gasteiger partial charge >= 0.3 is 0 Å². The maximum Gasteiger partial charge on any atom is 0.225 e. The number of hydrogen-bond donors (Lipinski definition) is 1. The Morgan fingerprint density at radius 2 is 1.55 bits per heavy atom. The first-order chi connectivity index (χ1) is 15.1. The van der Waals surface area contributed by atoms with E-state index in [4.69, 9.17) is 0 Å².